The fourth-order valence-corrected chi connectivity index (χ4v) is 3.13. The van der Waals surface area contributed by atoms with Crippen molar-refractivity contribution in [3.8, 4) is 0 Å². The van der Waals surface area contributed by atoms with Gasteiger partial charge in [0, 0.05) is 27.2 Å². The Hall–Kier alpha value is -1.52. The van der Waals surface area contributed by atoms with Gasteiger partial charge in [-0.15, -0.1) is 5.10 Å². The monoisotopic (exact) mass is 344 g/mol. The molecule has 23 heavy (non-hydrogen) atoms. The third kappa shape index (κ3) is 5.26. The summed E-state index contributed by atoms with van der Waals surface area (Å²) in [4.78, 5) is 12.0. The van der Waals surface area contributed by atoms with Gasteiger partial charge in [0.1, 0.15) is 0 Å². The Labute approximate surface area is 136 Å². The zero-order chi connectivity index (χ0) is 16.9. The van der Waals surface area contributed by atoms with Gasteiger partial charge in [0.25, 0.3) is 5.91 Å². The Kier molecular flexibility index (Phi) is 6.08. The first kappa shape index (κ1) is 17.8. The molecule has 0 spiro atoms. The summed E-state index contributed by atoms with van der Waals surface area (Å²) in [6.07, 6.45) is 3.88. The van der Waals surface area contributed by atoms with Crippen molar-refractivity contribution in [2.24, 2.45) is 5.92 Å². The molecule has 2 heterocycles. The second-order valence-corrected chi connectivity index (χ2v) is 8.19. The lowest BCUT2D eigenvalue weighted by Gasteiger charge is -2.22. The Morgan fingerprint density at radius 1 is 1.52 bits per heavy atom. The number of aromatic nitrogens is 3. The maximum Gasteiger partial charge on any atom is 0.273 e. The van der Waals surface area contributed by atoms with E-state index in [0.29, 0.717) is 5.92 Å². The summed E-state index contributed by atoms with van der Waals surface area (Å²) in [5, 5.41) is 13.7. The molecule has 1 saturated heterocycles. The van der Waals surface area contributed by atoms with Gasteiger partial charge >= 0.3 is 0 Å². The Morgan fingerprint density at radius 3 is 2.96 bits per heavy atom. The van der Waals surface area contributed by atoms with E-state index in [0.717, 1.165) is 36.8 Å². The first-order valence-electron chi connectivity index (χ1n) is 7.68. The predicted octanol–water partition coefficient (Wildman–Crippen LogP) is -1.10. The van der Waals surface area contributed by atoms with E-state index in [1.165, 1.54) is 14.1 Å². The number of nitrogens with one attached hydrogen (secondary N) is 2. The van der Waals surface area contributed by atoms with Crippen LogP contribution in [0.1, 0.15) is 23.3 Å². The van der Waals surface area contributed by atoms with Gasteiger partial charge in [-0.3, -0.25) is 9.48 Å². The summed E-state index contributed by atoms with van der Waals surface area (Å²) in [5.74, 6) is -0.0632. The number of carbonyl (C=O) groups excluding carboxylic acids is 1. The lowest BCUT2D eigenvalue weighted by molar-refractivity contribution is 0.0951. The topological polar surface area (TPSA) is 109 Å². The van der Waals surface area contributed by atoms with Gasteiger partial charge in [-0.05, 0) is 31.8 Å². The highest BCUT2D eigenvalue weighted by molar-refractivity contribution is 7.89. The predicted molar refractivity (Wildman–Crippen MR) is 85.4 cm³/mol. The standard InChI is InChI=1S/C13H24N6O3S/c1-18(2)23(21,22)7-6-15-13(20)12-10-19(17-16-12)9-11-4-3-5-14-8-11/h10-11,14H,3-9H2,1-2H3,(H,15,20). The minimum absolute atomic E-state index is 0.0404. The van der Waals surface area contributed by atoms with Crippen LogP contribution in [0.5, 0.6) is 0 Å². The number of carbonyl (C=O) groups is 1. The quantitative estimate of drug-likeness (QED) is 0.650. The molecular formula is C13H24N6O3S. The van der Waals surface area contributed by atoms with Crippen LogP contribution in [0.25, 0.3) is 0 Å². The molecule has 0 saturated carbocycles. The van der Waals surface area contributed by atoms with E-state index in [1.54, 1.807) is 10.9 Å². The summed E-state index contributed by atoms with van der Waals surface area (Å²) in [6, 6.07) is 0. The van der Waals surface area contributed by atoms with Crippen LogP contribution in [0, 0.1) is 5.92 Å². The first-order chi connectivity index (χ1) is 10.9. The fraction of sp³-hybridized carbons (Fsp3) is 0.769. The molecule has 1 atom stereocenters. The van der Waals surface area contributed by atoms with Crippen LogP contribution in [-0.4, -0.2) is 73.1 Å². The maximum absolute atomic E-state index is 12.0. The molecule has 1 aromatic rings. The van der Waals surface area contributed by atoms with Gasteiger partial charge in [-0.2, -0.15) is 0 Å². The Balaban J connectivity index is 1.81. The van der Waals surface area contributed by atoms with Crippen LogP contribution in [0.4, 0.5) is 0 Å². The summed E-state index contributed by atoms with van der Waals surface area (Å²) < 4.78 is 26.0. The molecular weight excluding hydrogens is 320 g/mol. The number of hydrogen-bond donors (Lipinski definition) is 2. The van der Waals surface area contributed by atoms with Gasteiger partial charge < -0.3 is 10.6 Å². The van der Waals surface area contributed by atoms with E-state index in [-0.39, 0.29) is 18.0 Å². The molecule has 2 rings (SSSR count). The van der Waals surface area contributed by atoms with E-state index in [1.807, 2.05) is 0 Å². The molecule has 0 aliphatic carbocycles. The van der Waals surface area contributed by atoms with Crippen LogP contribution >= 0.6 is 0 Å². The van der Waals surface area contributed by atoms with E-state index in [9.17, 15) is 13.2 Å². The highest BCUT2D eigenvalue weighted by atomic mass is 32.2. The largest absolute Gasteiger partial charge is 0.350 e. The molecule has 1 amide bonds. The minimum Gasteiger partial charge on any atom is -0.350 e. The molecule has 0 bridgehead atoms. The van der Waals surface area contributed by atoms with Gasteiger partial charge in [-0.25, -0.2) is 12.7 Å². The lowest BCUT2D eigenvalue weighted by Crippen LogP contribution is -2.34. The van der Waals surface area contributed by atoms with Crippen molar-refractivity contribution in [2.45, 2.75) is 19.4 Å². The lowest BCUT2D eigenvalue weighted by atomic mass is 10.00. The molecule has 1 aromatic heterocycles. The number of hydrogen-bond acceptors (Lipinski definition) is 6. The number of rotatable bonds is 7. The van der Waals surface area contributed by atoms with Crippen molar-refractivity contribution in [1.82, 2.24) is 29.9 Å². The molecule has 1 aliphatic rings. The second-order valence-electron chi connectivity index (χ2n) is 5.89. The van der Waals surface area contributed by atoms with Gasteiger partial charge in [-0.1, -0.05) is 5.21 Å². The zero-order valence-corrected chi connectivity index (χ0v) is 14.3. The summed E-state index contributed by atoms with van der Waals surface area (Å²) in [6.45, 7) is 2.77. The number of nitrogens with zero attached hydrogens (tertiary/aromatic N) is 4. The van der Waals surface area contributed by atoms with Crippen molar-refractivity contribution < 1.29 is 13.2 Å². The molecule has 0 aromatic carbocycles. The maximum atomic E-state index is 12.0. The van der Waals surface area contributed by atoms with Crippen molar-refractivity contribution in [1.29, 1.82) is 0 Å². The summed E-state index contributed by atoms with van der Waals surface area (Å²) in [5.41, 5.74) is 0.205. The first-order valence-corrected chi connectivity index (χ1v) is 9.28. The molecule has 130 valence electrons. The third-order valence-corrected chi connectivity index (χ3v) is 5.65. The molecule has 0 radical (unpaired) electrons. The molecule has 9 nitrogen and oxygen atoms in total. The van der Waals surface area contributed by atoms with Gasteiger partial charge in [0.05, 0.1) is 11.9 Å². The van der Waals surface area contributed by atoms with Crippen molar-refractivity contribution in [3.63, 3.8) is 0 Å². The van der Waals surface area contributed by atoms with Crippen LogP contribution in [-0.2, 0) is 16.6 Å². The van der Waals surface area contributed by atoms with Crippen LogP contribution in [0.2, 0.25) is 0 Å². The Bertz CT molecular complexity index is 621. The molecule has 1 fully saturated rings. The van der Waals surface area contributed by atoms with E-state index < -0.39 is 15.9 Å². The van der Waals surface area contributed by atoms with Crippen molar-refractivity contribution >= 4 is 15.9 Å². The van der Waals surface area contributed by atoms with E-state index in [4.69, 9.17) is 0 Å². The normalized spacial score (nSPS) is 19.0. The number of amides is 1. The summed E-state index contributed by atoms with van der Waals surface area (Å²) in [7, 11) is -0.397. The third-order valence-electron chi connectivity index (χ3n) is 3.82. The smallest absolute Gasteiger partial charge is 0.273 e. The van der Waals surface area contributed by atoms with Gasteiger partial charge in [0.15, 0.2) is 5.69 Å². The average molecular weight is 344 g/mol. The molecule has 2 N–H and O–H groups in total. The van der Waals surface area contributed by atoms with Crippen LogP contribution in [0.15, 0.2) is 6.20 Å². The van der Waals surface area contributed by atoms with Crippen molar-refractivity contribution in [3.05, 3.63) is 11.9 Å². The summed E-state index contributed by atoms with van der Waals surface area (Å²) >= 11 is 0. The van der Waals surface area contributed by atoms with Gasteiger partial charge in [0.2, 0.25) is 10.0 Å². The van der Waals surface area contributed by atoms with Crippen LogP contribution in [0.3, 0.4) is 0 Å². The zero-order valence-electron chi connectivity index (χ0n) is 13.5. The SMILES string of the molecule is CN(C)S(=O)(=O)CCNC(=O)c1cn(CC2CCCNC2)nn1. The average Bonchev–Trinajstić information content (AvgIpc) is 2.96. The molecule has 1 aliphatic heterocycles. The minimum atomic E-state index is -3.32. The van der Waals surface area contributed by atoms with Crippen molar-refractivity contribution in [2.75, 3.05) is 39.5 Å². The molecule has 1 unspecified atom stereocenters. The van der Waals surface area contributed by atoms with E-state index in [2.05, 4.69) is 20.9 Å². The Morgan fingerprint density at radius 2 is 2.30 bits per heavy atom. The highest BCUT2D eigenvalue weighted by Gasteiger charge is 2.17. The number of sulfonamides is 1. The van der Waals surface area contributed by atoms with E-state index >= 15 is 0 Å². The number of piperidine rings is 1. The second kappa shape index (κ2) is 7.84. The molecule has 10 heteroatoms. The highest BCUT2D eigenvalue weighted by Crippen LogP contribution is 2.11. The fourth-order valence-electron chi connectivity index (χ4n) is 2.40. The van der Waals surface area contributed by atoms with Crippen LogP contribution < -0.4 is 10.6 Å².